The van der Waals surface area contributed by atoms with Crippen molar-refractivity contribution in [2.24, 2.45) is 11.3 Å². The molecule has 2 rings (SSSR count). The number of benzene rings is 1. The first-order chi connectivity index (χ1) is 9.35. The van der Waals surface area contributed by atoms with E-state index in [1.165, 1.54) is 18.2 Å². The Morgan fingerprint density at radius 1 is 1.50 bits per heavy atom. The second-order valence-electron chi connectivity index (χ2n) is 5.63. The van der Waals surface area contributed by atoms with Gasteiger partial charge in [0.05, 0.1) is 6.42 Å². The molecule has 0 aromatic heterocycles. The zero-order valence-electron chi connectivity index (χ0n) is 11.6. The van der Waals surface area contributed by atoms with Crippen LogP contribution < -0.4 is 5.32 Å². The zero-order valence-corrected chi connectivity index (χ0v) is 11.6. The Labute approximate surface area is 117 Å². The molecule has 2 atom stereocenters. The quantitative estimate of drug-likeness (QED) is 0.871. The molecule has 1 amide bonds. The molecule has 1 aromatic carbocycles. The molecule has 0 radical (unpaired) electrons. The minimum atomic E-state index is -1.09. The summed E-state index contributed by atoms with van der Waals surface area (Å²) in [5, 5.41) is 11.3. The topological polar surface area (TPSA) is 66.4 Å². The molecule has 2 N–H and O–H groups in total. The van der Waals surface area contributed by atoms with Crippen molar-refractivity contribution >= 4 is 17.6 Å². The van der Waals surface area contributed by atoms with Gasteiger partial charge in [-0.1, -0.05) is 19.9 Å². The van der Waals surface area contributed by atoms with E-state index in [0.29, 0.717) is 5.69 Å². The molecule has 1 saturated carbocycles. The number of halogens is 1. The maximum absolute atomic E-state index is 13.7. The lowest BCUT2D eigenvalue weighted by Gasteiger charge is -2.09. The van der Waals surface area contributed by atoms with Crippen LogP contribution in [0.2, 0.25) is 0 Å². The highest BCUT2D eigenvalue weighted by Gasteiger charge is 2.52. The highest BCUT2D eigenvalue weighted by atomic mass is 19.1. The number of hydrogen-bond donors (Lipinski definition) is 2. The van der Waals surface area contributed by atoms with Crippen molar-refractivity contribution < 1.29 is 19.1 Å². The van der Waals surface area contributed by atoms with Crippen molar-refractivity contribution in [2.75, 3.05) is 5.32 Å². The Hall–Kier alpha value is -1.91. The molecule has 0 saturated heterocycles. The fourth-order valence-electron chi connectivity index (χ4n) is 2.37. The number of nitrogens with one attached hydrogen (secondary N) is 1. The minimum Gasteiger partial charge on any atom is -0.481 e. The number of carboxylic acid groups (broad SMARTS) is 1. The van der Waals surface area contributed by atoms with E-state index >= 15 is 0 Å². The van der Waals surface area contributed by atoms with Gasteiger partial charge in [-0.2, -0.15) is 0 Å². The fraction of sp³-hybridized carbons (Fsp3) is 0.467. The van der Waals surface area contributed by atoms with Crippen LogP contribution in [0.3, 0.4) is 0 Å². The first-order valence-corrected chi connectivity index (χ1v) is 6.67. The summed E-state index contributed by atoms with van der Waals surface area (Å²) in [5.74, 6) is -1.81. The predicted octanol–water partition coefficient (Wildman–Crippen LogP) is 2.83. The van der Waals surface area contributed by atoms with Crippen LogP contribution in [0.15, 0.2) is 18.2 Å². The Morgan fingerprint density at radius 2 is 2.20 bits per heavy atom. The van der Waals surface area contributed by atoms with E-state index in [1.54, 1.807) is 0 Å². The standard InChI is InChI=1S/C15H18FNO3/c1-3-15(2)8-11(15)14(20)17-10-5-4-9(6-13(18)19)12(16)7-10/h4-5,7,11H,3,6,8H2,1-2H3,(H,17,20)(H,18,19). The van der Waals surface area contributed by atoms with E-state index in [2.05, 4.69) is 12.2 Å². The van der Waals surface area contributed by atoms with Crippen molar-refractivity contribution in [2.45, 2.75) is 33.1 Å². The third-order valence-electron chi connectivity index (χ3n) is 4.14. The van der Waals surface area contributed by atoms with Crippen LogP contribution in [0.25, 0.3) is 0 Å². The Balaban J connectivity index is 2.02. The molecule has 1 aliphatic rings. The molecule has 1 aromatic rings. The van der Waals surface area contributed by atoms with Gasteiger partial charge >= 0.3 is 5.97 Å². The molecule has 0 spiro atoms. The number of hydrogen-bond acceptors (Lipinski definition) is 2. The average Bonchev–Trinajstić information content (AvgIpc) is 3.06. The Bertz CT molecular complexity index is 558. The van der Waals surface area contributed by atoms with Gasteiger partial charge < -0.3 is 10.4 Å². The van der Waals surface area contributed by atoms with E-state index in [-0.39, 0.29) is 29.2 Å². The van der Waals surface area contributed by atoms with Gasteiger partial charge in [-0.15, -0.1) is 0 Å². The smallest absolute Gasteiger partial charge is 0.307 e. The van der Waals surface area contributed by atoms with Gasteiger partial charge in [-0.25, -0.2) is 4.39 Å². The summed E-state index contributed by atoms with van der Waals surface area (Å²) in [4.78, 5) is 22.5. The van der Waals surface area contributed by atoms with E-state index in [1.807, 2.05) is 6.92 Å². The summed E-state index contributed by atoms with van der Waals surface area (Å²) in [5.41, 5.74) is 0.540. The van der Waals surface area contributed by atoms with Crippen molar-refractivity contribution in [1.82, 2.24) is 0 Å². The first kappa shape index (κ1) is 14.5. The molecule has 4 nitrogen and oxygen atoms in total. The highest BCUT2D eigenvalue weighted by molar-refractivity contribution is 5.95. The van der Waals surface area contributed by atoms with Crippen LogP contribution in [0, 0.1) is 17.2 Å². The Morgan fingerprint density at radius 3 is 2.70 bits per heavy atom. The zero-order chi connectivity index (χ0) is 14.9. The Kier molecular flexibility index (Phi) is 3.79. The molecule has 108 valence electrons. The van der Waals surface area contributed by atoms with Crippen LogP contribution in [-0.4, -0.2) is 17.0 Å². The van der Waals surface area contributed by atoms with Gasteiger partial charge in [0.15, 0.2) is 0 Å². The van der Waals surface area contributed by atoms with Crippen LogP contribution in [0.5, 0.6) is 0 Å². The highest BCUT2D eigenvalue weighted by Crippen LogP contribution is 2.55. The van der Waals surface area contributed by atoms with E-state index in [0.717, 1.165) is 12.8 Å². The van der Waals surface area contributed by atoms with Gasteiger partial charge in [0.2, 0.25) is 5.91 Å². The molecular formula is C15H18FNO3. The minimum absolute atomic E-state index is 0.0192. The molecule has 1 fully saturated rings. The number of carboxylic acids is 1. The third-order valence-corrected chi connectivity index (χ3v) is 4.14. The van der Waals surface area contributed by atoms with Crippen molar-refractivity contribution in [3.05, 3.63) is 29.6 Å². The first-order valence-electron chi connectivity index (χ1n) is 6.67. The lowest BCUT2D eigenvalue weighted by molar-refractivity contribution is -0.136. The number of carbonyl (C=O) groups is 2. The van der Waals surface area contributed by atoms with Crippen LogP contribution in [0.1, 0.15) is 32.3 Å². The monoisotopic (exact) mass is 279 g/mol. The summed E-state index contributed by atoms with van der Waals surface area (Å²) in [6.07, 6.45) is 1.43. The molecule has 0 aliphatic heterocycles. The fourth-order valence-corrected chi connectivity index (χ4v) is 2.37. The molecule has 2 unspecified atom stereocenters. The predicted molar refractivity (Wildman–Crippen MR) is 72.9 cm³/mol. The normalized spacial score (nSPS) is 24.2. The summed E-state index contributed by atoms with van der Waals surface area (Å²) >= 11 is 0. The van der Waals surface area contributed by atoms with Gasteiger partial charge in [0.1, 0.15) is 5.82 Å². The number of carbonyl (C=O) groups excluding carboxylic acids is 1. The lowest BCUT2D eigenvalue weighted by Crippen LogP contribution is -2.17. The van der Waals surface area contributed by atoms with Crippen molar-refractivity contribution in [3.8, 4) is 0 Å². The molecule has 20 heavy (non-hydrogen) atoms. The summed E-state index contributed by atoms with van der Waals surface area (Å²) in [6, 6.07) is 4.09. The maximum Gasteiger partial charge on any atom is 0.307 e. The van der Waals surface area contributed by atoms with Gasteiger partial charge in [0, 0.05) is 11.6 Å². The summed E-state index contributed by atoms with van der Waals surface area (Å²) < 4.78 is 13.7. The summed E-state index contributed by atoms with van der Waals surface area (Å²) in [7, 11) is 0. The van der Waals surface area contributed by atoms with Crippen molar-refractivity contribution in [3.63, 3.8) is 0 Å². The van der Waals surface area contributed by atoms with Gasteiger partial charge in [-0.3, -0.25) is 9.59 Å². The average molecular weight is 279 g/mol. The lowest BCUT2D eigenvalue weighted by atomic mass is 10.0. The second kappa shape index (κ2) is 5.23. The molecule has 0 bridgehead atoms. The third kappa shape index (κ3) is 2.98. The molecule has 0 heterocycles. The maximum atomic E-state index is 13.7. The summed E-state index contributed by atoms with van der Waals surface area (Å²) in [6.45, 7) is 4.11. The van der Waals surface area contributed by atoms with Crippen LogP contribution >= 0.6 is 0 Å². The number of anilines is 1. The second-order valence-corrected chi connectivity index (χ2v) is 5.63. The SMILES string of the molecule is CCC1(C)CC1C(=O)Nc1ccc(CC(=O)O)c(F)c1. The van der Waals surface area contributed by atoms with E-state index in [4.69, 9.17) is 5.11 Å². The van der Waals surface area contributed by atoms with Gasteiger partial charge in [-0.05, 0) is 36.0 Å². The van der Waals surface area contributed by atoms with E-state index in [9.17, 15) is 14.0 Å². The van der Waals surface area contributed by atoms with Crippen molar-refractivity contribution in [1.29, 1.82) is 0 Å². The van der Waals surface area contributed by atoms with Gasteiger partial charge in [0.25, 0.3) is 0 Å². The number of amides is 1. The molecule has 1 aliphatic carbocycles. The van der Waals surface area contributed by atoms with E-state index < -0.39 is 11.8 Å². The largest absolute Gasteiger partial charge is 0.481 e. The number of aliphatic carboxylic acids is 1. The number of rotatable bonds is 5. The van der Waals surface area contributed by atoms with Crippen LogP contribution in [-0.2, 0) is 16.0 Å². The molecular weight excluding hydrogens is 261 g/mol. The van der Waals surface area contributed by atoms with Crippen LogP contribution in [0.4, 0.5) is 10.1 Å². The molecule has 5 heteroatoms.